The predicted octanol–water partition coefficient (Wildman–Crippen LogP) is 4.03. The minimum atomic E-state index is -4.60. The van der Waals surface area contributed by atoms with Gasteiger partial charge in [0.2, 0.25) is 11.9 Å². The highest BCUT2D eigenvalue weighted by Crippen LogP contribution is 2.32. The molecule has 1 amide bonds. The second kappa shape index (κ2) is 6.87. The van der Waals surface area contributed by atoms with Crippen LogP contribution < -0.4 is 5.32 Å². The van der Waals surface area contributed by atoms with E-state index in [0.717, 1.165) is 6.07 Å². The fourth-order valence-electron chi connectivity index (χ4n) is 2.99. The van der Waals surface area contributed by atoms with Gasteiger partial charge in [-0.2, -0.15) is 13.2 Å². The summed E-state index contributed by atoms with van der Waals surface area (Å²) in [6.45, 7) is 6.69. The number of fused-ring (bicyclic) bond motifs is 1. The van der Waals surface area contributed by atoms with Crippen LogP contribution in [-0.4, -0.2) is 25.5 Å². The standard InChI is InChI=1S/C19H21F3N4O3/c1-17(2,3)26-15-11(7-8-12(24-15)19(20,21)22)23-16(26)25-14(27)10-18(4,28)13-6-5-9-29-13/h5-9,28H,10H2,1-4H3,(H,23,25,27)/t18-/m0/s1. The van der Waals surface area contributed by atoms with E-state index in [1.165, 1.54) is 23.8 Å². The minimum Gasteiger partial charge on any atom is -0.466 e. The van der Waals surface area contributed by atoms with Crippen molar-refractivity contribution in [1.82, 2.24) is 14.5 Å². The number of furan rings is 1. The van der Waals surface area contributed by atoms with Crippen LogP contribution in [0, 0.1) is 0 Å². The molecule has 156 valence electrons. The number of hydrogen-bond donors (Lipinski definition) is 2. The van der Waals surface area contributed by atoms with Crippen molar-refractivity contribution in [3.8, 4) is 0 Å². The van der Waals surface area contributed by atoms with Crippen molar-refractivity contribution in [3.63, 3.8) is 0 Å². The van der Waals surface area contributed by atoms with Crippen LogP contribution in [0.1, 0.15) is 45.6 Å². The largest absolute Gasteiger partial charge is 0.466 e. The molecule has 0 bridgehead atoms. The molecule has 0 radical (unpaired) electrons. The molecule has 0 aliphatic heterocycles. The van der Waals surface area contributed by atoms with Crippen molar-refractivity contribution in [2.75, 3.05) is 5.32 Å². The van der Waals surface area contributed by atoms with Crippen LogP contribution in [0.2, 0.25) is 0 Å². The number of aliphatic hydroxyl groups is 1. The second-order valence-corrected chi connectivity index (χ2v) is 7.95. The first-order chi connectivity index (χ1) is 13.3. The molecule has 3 aromatic heterocycles. The Kier molecular flexibility index (Phi) is 4.94. The number of carbonyl (C=O) groups excluding carboxylic acids is 1. The number of halogens is 3. The predicted molar refractivity (Wildman–Crippen MR) is 99.1 cm³/mol. The van der Waals surface area contributed by atoms with Gasteiger partial charge in [0.05, 0.1) is 12.7 Å². The van der Waals surface area contributed by atoms with Gasteiger partial charge in [0.1, 0.15) is 22.6 Å². The van der Waals surface area contributed by atoms with E-state index < -0.39 is 28.9 Å². The van der Waals surface area contributed by atoms with Gasteiger partial charge in [0.25, 0.3) is 0 Å². The summed E-state index contributed by atoms with van der Waals surface area (Å²) in [5.74, 6) is -0.323. The van der Waals surface area contributed by atoms with Crippen LogP contribution in [0.15, 0.2) is 34.9 Å². The Morgan fingerprint density at radius 3 is 2.41 bits per heavy atom. The van der Waals surface area contributed by atoms with Gasteiger partial charge in [0, 0.05) is 5.54 Å². The molecule has 7 nitrogen and oxygen atoms in total. The molecule has 10 heteroatoms. The summed E-state index contributed by atoms with van der Waals surface area (Å²) in [4.78, 5) is 20.5. The lowest BCUT2D eigenvalue weighted by molar-refractivity contribution is -0.141. The van der Waals surface area contributed by atoms with E-state index in [1.54, 1.807) is 32.9 Å². The van der Waals surface area contributed by atoms with Crippen molar-refractivity contribution in [3.05, 3.63) is 42.0 Å². The summed E-state index contributed by atoms with van der Waals surface area (Å²) in [6, 6.07) is 5.18. The molecular formula is C19H21F3N4O3. The highest BCUT2D eigenvalue weighted by Gasteiger charge is 2.35. The summed E-state index contributed by atoms with van der Waals surface area (Å²) >= 11 is 0. The lowest BCUT2D eigenvalue weighted by Crippen LogP contribution is -2.31. The monoisotopic (exact) mass is 410 g/mol. The first-order valence-electron chi connectivity index (χ1n) is 8.82. The van der Waals surface area contributed by atoms with Crippen LogP contribution in [0.4, 0.5) is 19.1 Å². The fourth-order valence-corrected chi connectivity index (χ4v) is 2.99. The zero-order chi connectivity index (χ0) is 21.6. The third-order valence-electron chi connectivity index (χ3n) is 4.27. The molecule has 3 rings (SSSR count). The Labute approximate surface area is 164 Å². The van der Waals surface area contributed by atoms with Gasteiger partial charge in [-0.05, 0) is 52.0 Å². The molecule has 0 spiro atoms. The number of aromatic nitrogens is 3. The lowest BCUT2D eigenvalue weighted by Gasteiger charge is -2.25. The second-order valence-electron chi connectivity index (χ2n) is 7.95. The first kappa shape index (κ1) is 20.8. The molecule has 0 unspecified atom stereocenters. The van der Waals surface area contributed by atoms with E-state index in [1.807, 2.05) is 0 Å². The molecule has 0 saturated heterocycles. The number of anilines is 1. The third kappa shape index (κ3) is 4.26. The van der Waals surface area contributed by atoms with Gasteiger partial charge in [-0.1, -0.05) is 0 Å². The van der Waals surface area contributed by atoms with Crippen LogP contribution in [0.3, 0.4) is 0 Å². The van der Waals surface area contributed by atoms with E-state index in [4.69, 9.17) is 4.42 Å². The zero-order valence-electron chi connectivity index (χ0n) is 16.3. The topological polar surface area (TPSA) is 93.2 Å². The number of nitrogens with zero attached hydrogens (tertiary/aromatic N) is 3. The number of amides is 1. The van der Waals surface area contributed by atoms with Crippen molar-refractivity contribution in [1.29, 1.82) is 0 Å². The molecule has 3 heterocycles. The zero-order valence-corrected chi connectivity index (χ0v) is 16.3. The van der Waals surface area contributed by atoms with E-state index in [9.17, 15) is 23.1 Å². The lowest BCUT2D eigenvalue weighted by atomic mass is 9.99. The molecule has 29 heavy (non-hydrogen) atoms. The minimum absolute atomic E-state index is 0.000389. The molecule has 0 aliphatic rings. The van der Waals surface area contributed by atoms with E-state index in [-0.39, 0.29) is 29.3 Å². The number of alkyl halides is 3. The molecule has 1 atom stereocenters. The average molecular weight is 410 g/mol. The normalized spacial score (nSPS) is 14.8. The van der Waals surface area contributed by atoms with E-state index in [2.05, 4.69) is 15.3 Å². The van der Waals surface area contributed by atoms with Crippen molar-refractivity contribution in [2.24, 2.45) is 0 Å². The molecule has 3 aromatic rings. The highest BCUT2D eigenvalue weighted by molar-refractivity contribution is 5.91. The number of imidazole rings is 1. The van der Waals surface area contributed by atoms with Crippen LogP contribution in [-0.2, 0) is 22.1 Å². The molecule has 0 aliphatic carbocycles. The van der Waals surface area contributed by atoms with Crippen molar-refractivity contribution >= 4 is 23.0 Å². The summed E-state index contributed by atoms with van der Waals surface area (Å²) in [6.07, 6.45) is -3.56. The first-order valence-corrected chi connectivity index (χ1v) is 8.82. The molecule has 2 N–H and O–H groups in total. The molecular weight excluding hydrogens is 389 g/mol. The Bertz CT molecular complexity index is 1030. The number of nitrogens with one attached hydrogen (secondary N) is 1. The average Bonchev–Trinajstić information content (AvgIpc) is 3.19. The number of rotatable bonds is 4. The molecule has 0 fully saturated rings. The maximum absolute atomic E-state index is 13.1. The fraction of sp³-hybridized carbons (Fsp3) is 0.421. The Hall–Kier alpha value is -2.88. The van der Waals surface area contributed by atoms with Gasteiger partial charge >= 0.3 is 6.18 Å². The van der Waals surface area contributed by atoms with Crippen LogP contribution in [0.5, 0.6) is 0 Å². The van der Waals surface area contributed by atoms with Crippen molar-refractivity contribution in [2.45, 2.75) is 51.4 Å². The number of carbonyl (C=O) groups is 1. The molecule has 0 saturated carbocycles. The Balaban J connectivity index is 1.97. The summed E-state index contributed by atoms with van der Waals surface area (Å²) < 4.78 is 45.8. The van der Waals surface area contributed by atoms with Gasteiger partial charge in [-0.25, -0.2) is 9.97 Å². The molecule has 0 aromatic carbocycles. The van der Waals surface area contributed by atoms with E-state index in [0.29, 0.717) is 0 Å². The Morgan fingerprint density at radius 2 is 1.86 bits per heavy atom. The quantitative estimate of drug-likeness (QED) is 0.677. The summed E-state index contributed by atoms with van der Waals surface area (Å²) in [7, 11) is 0. The van der Waals surface area contributed by atoms with Gasteiger partial charge < -0.3 is 9.52 Å². The van der Waals surface area contributed by atoms with E-state index >= 15 is 0 Å². The van der Waals surface area contributed by atoms with Gasteiger partial charge in [-0.15, -0.1) is 0 Å². The number of hydrogen-bond acceptors (Lipinski definition) is 5. The van der Waals surface area contributed by atoms with Crippen LogP contribution >= 0.6 is 0 Å². The SMILES string of the molecule is CC(C)(C)n1c(NC(=O)C[C@](C)(O)c2ccco2)nc2ccc(C(F)(F)F)nc21. The maximum Gasteiger partial charge on any atom is 0.433 e. The smallest absolute Gasteiger partial charge is 0.433 e. The summed E-state index contributed by atoms with van der Waals surface area (Å²) in [5, 5.41) is 13.1. The van der Waals surface area contributed by atoms with Crippen molar-refractivity contribution < 1.29 is 27.5 Å². The summed E-state index contributed by atoms with van der Waals surface area (Å²) in [5.41, 5.74) is -3.12. The number of pyridine rings is 1. The van der Waals surface area contributed by atoms with Gasteiger partial charge in [-0.3, -0.25) is 14.7 Å². The van der Waals surface area contributed by atoms with Crippen LogP contribution in [0.25, 0.3) is 11.2 Å². The van der Waals surface area contributed by atoms with Gasteiger partial charge in [0.15, 0.2) is 5.65 Å². The maximum atomic E-state index is 13.1. The highest BCUT2D eigenvalue weighted by atomic mass is 19.4. The Morgan fingerprint density at radius 1 is 1.17 bits per heavy atom. The third-order valence-corrected chi connectivity index (χ3v) is 4.27.